The van der Waals surface area contributed by atoms with Gasteiger partial charge in [0.2, 0.25) is 5.89 Å². The van der Waals surface area contributed by atoms with Crippen LogP contribution in [0.2, 0.25) is 0 Å². The normalized spacial score (nSPS) is 10.9. The molecule has 0 aliphatic rings. The van der Waals surface area contributed by atoms with E-state index in [2.05, 4.69) is 20.5 Å². The number of fused-ring (bicyclic) bond motifs is 1. The highest BCUT2D eigenvalue weighted by atomic mass is 16.4. The Labute approximate surface area is 149 Å². The Morgan fingerprint density at radius 3 is 2.69 bits per heavy atom. The van der Waals surface area contributed by atoms with E-state index in [4.69, 9.17) is 4.42 Å². The van der Waals surface area contributed by atoms with Gasteiger partial charge in [0.25, 0.3) is 0 Å². The second kappa shape index (κ2) is 6.59. The molecule has 2 aromatic heterocycles. The van der Waals surface area contributed by atoms with Gasteiger partial charge in [-0.25, -0.2) is 4.98 Å². The number of benzene rings is 2. The van der Waals surface area contributed by atoms with Gasteiger partial charge in [0.15, 0.2) is 0 Å². The number of nitrogens with zero attached hydrogens (tertiary/aromatic N) is 3. The van der Waals surface area contributed by atoms with Gasteiger partial charge in [0, 0.05) is 18.0 Å². The zero-order valence-corrected chi connectivity index (χ0v) is 13.9. The molecule has 26 heavy (non-hydrogen) atoms. The van der Waals surface area contributed by atoms with Crippen molar-refractivity contribution in [2.75, 3.05) is 12.4 Å². The van der Waals surface area contributed by atoms with Crippen molar-refractivity contribution in [3.63, 3.8) is 0 Å². The summed E-state index contributed by atoms with van der Waals surface area (Å²) in [5, 5.41) is 31.3. The van der Waals surface area contributed by atoms with Crippen molar-refractivity contribution in [3.8, 4) is 22.6 Å². The molecule has 0 fully saturated rings. The molecule has 0 spiro atoms. The van der Waals surface area contributed by atoms with E-state index in [9.17, 15) is 10.0 Å². The van der Waals surface area contributed by atoms with Gasteiger partial charge in [-0.15, -0.1) is 0 Å². The van der Waals surface area contributed by atoms with Crippen LogP contribution in [-0.2, 0) is 0 Å². The number of aromatic nitrogens is 3. The molecule has 8 heteroatoms. The van der Waals surface area contributed by atoms with Crippen molar-refractivity contribution in [1.82, 2.24) is 15.2 Å². The van der Waals surface area contributed by atoms with Crippen molar-refractivity contribution in [3.05, 3.63) is 55.1 Å². The first-order chi connectivity index (χ1) is 12.7. The lowest BCUT2D eigenvalue weighted by molar-refractivity contribution is 0.426. The number of nitrogens with one attached hydrogen (secondary N) is 1. The first-order valence-corrected chi connectivity index (χ1v) is 8.01. The van der Waals surface area contributed by atoms with Crippen LogP contribution in [0.15, 0.2) is 59.5 Å². The maximum atomic E-state index is 9.54. The molecule has 4 rings (SSSR count). The van der Waals surface area contributed by atoms with Gasteiger partial charge in [-0.3, -0.25) is 0 Å². The summed E-state index contributed by atoms with van der Waals surface area (Å²) in [4.78, 5) is 4.21. The maximum absolute atomic E-state index is 9.54. The van der Waals surface area contributed by atoms with Gasteiger partial charge >= 0.3 is 7.12 Å². The summed E-state index contributed by atoms with van der Waals surface area (Å²) in [7, 11) is 0.264. The third kappa shape index (κ3) is 2.81. The highest BCUT2D eigenvalue weighted by Crippen LogP contribution is 2.33. The van der Waals surface area contributed by atoms with Gasteiger partial charge in [-0.1, -0.05) is 18.2 Å². The number of hydrogen-bond acceptors (Lipinski definition) is 7. The molecule has 0 unspecified atom stereocenters. The van der Waals surface area contributed by atoms with E-state index >= 15 is 0 Å². The minimum atomic E-state index is -1.57. The van der Waals surface area contributed by atoms with Crippen LogP contribution < -0.4 is 10.8 Å². The van der Waals surface area contributed by atoms with Crippen LogP contribution in [0.3, 0.4) is 0 Å². The van der Waals surface area contributed by atoms with Crippen LogP contribution in [0, 0.1) is 0 Å². The Kier molecular flexibility index (Phi) is 4.12. The molecule has 7 nitrogen and oxygen atoms in total. The molecule has 0 aliphatic carbocycles. The predicted octanol–water partition coefficient (Wildman–Crippen LogP) is 1.67. The van der Waals surface area contributed by atoms with Crippen LogP contribution in [0.1, 0.15) is 0 Å². The van der Waals surface area contributed by atoms with Crippen LogP contribution in [0.5, 0.6) is 0 Å². The number of anilines is 1. The van der Waals surface area contributed by atoms with E-state index in [1.54, 1.807) is 30.6 Å². The van der Waals surface area contributed by atoms with Crippen molar-refractivity contribution in [1.29, 1.82) is 0 Å². The molecule has 0 radical (unpaired) electrons. The third-order valence-electron chi connectivity index (χ3n) is 4.23. The fraction of sp³-hybridized carbons (Fsp3) is 0.0556. The zero-order chi connectivity index (χ0) is 18.1. The summed E-state index contributed by atoms with van der Waals surface area (Å²) in [5.41, 5.74) is 4.34. The fourth-order valence-electron chi connectivity index (χ4n) is 2.93. The molecule has 4 aromatic rings. The van der Waals surface area contributed by atoms with E-state index in [1.165, 1.54) is 6.26 Å². The SMILES string of the molecule is CNc1cnnc2cc(-c3cc(B(O)O)ccc3-c3ncco3)ccc12. The summed E-state index contributed by atoms with van der Waals surface area (Å²) in [6, 6.07) is 10.9. The predicted molar refractivity (Wildman–Crippen MR) is 99.8 cm³/mol. The smallest absolute Gasteiger partial charge is 0.445 e. The fourth-order valence-corrected chi connectivity index (χ4v) is 2.93. The number of hydrogen-bond donors (Lipinski definition) is 3. The first kappa shape index (κ1) is 16.3. The van der Waals surface area contributed by atoms with Gasteiger partial charge in [0.05, 0.1) is 23.6 Å². The topological polar surface area (TPSA) is 104 Å². The molecule has 128 valence electrons. The quantitative estimate of drug-likeness (QED) is 0.483. The van der Waals surface area contributed by atoms with Crippen LogP contribution >= 0.6 is 0 Å². The molecule has 2 aromatic carbocycles. The second-order valence-corrected chi connectivity index (χ2v) is 5.76. The van der Waals surface area contributed by atoms with E-state index in [1.807, 2.05) is 25.2 Å². The molecule has 0 saturated carbocycles. The second-order valence-electron chi connectivity index (χ2n) is 5.76. The maximum Gasteiger partial charge on any atom is 0.488 e. The lowest BCUT2D eigenvalue weighted by Gasteiger charge is -2.11. The molecule has 0 saturated heterocycles. The lowest BCUT2D eigenvalue weighted by Crippen LogP contribution is -2.29. The van der Waals surface area contributed by atoms with Crippen molar-refractivity contribution >= 4 is 29.2 Å². The average Bonchev–Trinajstić information content (AvgIpc) is 3.21. The van der Waals surface area contributed by atoms with Crippen LogP contribution in [0.25, 0.3) is 33.5 Å². The molecular formula is C18H15BN4O3. The summed E-state index contributed by atoms with van der Waals surface area (Å²) in [6.45, 7) is 0. The van der Waals surface area contributed by atoms with Gasteiger partial charge in [-0.05, 0) is 34.8 Å². The minimum Gasteiger partial charge on any atom is -0.445 e. The highest BCUT2D eigenvalue weighted by molar-refractivity contribution is 6.58. The van der Waals surface area contributed by atoms with Crippen LogP contribution in [0.4, 0.5) is 5.69 Å². The zero-order valence-electron chi connectivity index (χ0n) is 13.9. The van der Waals surface area contributed by atoms with Crippen LogP contribution in [-0.4, -0.2) is 39.4 Å². The summed E-state index contributed by atoms with van der Waals surface area (Å²) < 4.78 is 5.43. The molecule has 2 heterocycles. The summed E-state index contributed by atoms with van der Waals surface area (Å²) in [6.07, 6.45) is 4.74. The van der Waals surface area contributed by atoms with E-state index in [0.717, 1.165) is 33.3 Å². The highest BCUT2D eigenvalue weighted by Gasteiger charge is 2.18. The Bertz CT molecular complexity index is 1070. The van der Waals surface area contributed by atoms with Gasteiger partial charge in [0.1, 0.15) is 6.26 Å². The largest absolute Gasteiger partial charge is 0.488 e. The molecule has 3 N–H and O–H groups in total. The molecular weight excluding hydrogens is 331 g/mol. The molecule has 0 amide bonds. The Hall–Kier alpha value is -3.23. The minimum absolute atomic E-state index is 0.380. The molecule has 0 aliphatic heterocycles. The van der Waals surface area contributed by atoms with Crippen molar-refractivity contribution < 1.29 is 14.5 Å². The van der Waals surface area contributed by atoms with E-state index in [-0.39, 0.29) is 0 Å². The average molecular weight is 346 g/mol. The molecule has 0 bridgehead atoms. The standard InChI is InChI=1S/C18H15BN4O3/c1-20-17-10-22-23-16-8-11(2-4-14(16)17)15-9-12(19(24)25)3-5-13(15)18-21-6-7-26-18/h2-10,24-25H,1H3,(H,20,23). The first-order valence-electron chi connectivity index (χ1n) is 8.01. The Morgan fingerprint density at radius 1 is 1.08 bits per heavy atom. The number of rotatable bonds is 4. The van der Waals surface area contributed by atoms with Gasteiger partial charge in [-0.2, -0.15) is 10.2 Å². The van der Waals surface area contributed by atoms with Crippen molar-refractivity contribution in [2.45, 2.75) is 0 Å². The summed E-state index contributed by atoms with van der Waals surface area (Å²) in [5.74, 6) is 0.453. The lowest BCUT2D eigenvalue weighted by atomic mass is 9.78. The van der Waals surface area contributed by atoms with Crippen molar-refractivity contribution in [2.24, 2.45) is 0 Å². The van der Waals surface area contributed by atoms with E-state index < -0.39 is 7.12 Å². The Balaban J connectivity index is 1.93. The van der Waals surface area contributed by atoms with E-state index in [0.29, 0.717) is 11.4 Å². The Morgan fingerprint density at radius 2 is 1.96 bits per heavy atom. The molecule has 0 atom stereocenters. The van der Waals surface area contributed by atoms with Gasteiger partial charge < -0.3 is 19.8 Å². The third-order valence-corrected chi connectivity index (χ3v) is 4.23. The summed E-state index contributed by atoms with van der Waals surface area (Å²) >= 11 is 0. The monoisotopic (exact) mass is 346 g/mol. The number of oxazole rings is 1.